The lowest BCUT2D eigenvalue weighted by molar-refractivity contribution is 0.404. The third-order valence-corrected chi connectivity index (χ3v) is 7.55. The Hall–Kier alpha value is -1.13. The molecule has 1 aromatic carbocycles. The van der Waals surface area contributed by atoms with Crippen LogP contribution < -0.4 is 4.18 Å². The number of H-pyrrole nitrogens is 1. The molecule has 0 aliphatic heterocycles. The standard InChI is InChI=1S/C17H28N2OS/c1-17(2,3)21(6,7)20-15-10-8-9-14-16(15)13(11-18-14)12-19(4)5/h8-11,18H,12H2,1-7H3. The van der Waals surface area contributed by atoms with Gasteiger partial charge in [-0.2, -0.15) is 0 Å². The highest BCUT2D eigenvalue weighted by molar-refractivity contribution is 8.30. The monoisotopic (exact) mass is 308 g/mol. The minimum atomic E-state index is -1.19. The van der Waals surface area contributed by atoms with Crippen molar-refractivity contribution in [2.45, 2.75) is 32.1 Å². The van der Waals surface area contributed by atoms with Gasteiger partial charge < -0.3 is 14.1 Å². The van der Waals surface area contributed by atoms with Crippen LogP contribution in [0.5, 0.6) is 5.75 Å². The molecule has 0 spiro atoms. The largest absolute Gasteiger partial charge is 0.448 e. The molecule has 0 fully saturated rings. The maximum atomic E-state index is 6.50. The smallest absolute Gasteiger partial charge is 0.144 e. The van der Waals surface area contributed by atoms with E-state index < -0.39 is 10.3 Å². The van der Waals surface area contributed by atoms with Crippen molar-refractivity contribution in [3.8, 4) is 5.75 Å². The predicted octanol–water partition coefficient (Wildman–Crippen LogP) is 4.39. The second-order valence-corrected chi connectivity index (χ2v) is 11.0. The van der Waals surface area contributed by atoms with E-state index in [1.165, 1.54) is 10.9 Å². The second-order valence-electron chi connectivity index (χ2n) is 7.16. The Morgan fingerprint density at radius 3 is 2.43 bits per heavy atom. The SMILES string of the molecule is CN(C)Cc1c[nH]c2cccc(OS(C)(C)C(C)(C)C)c12. The van der Waals surface area contributed by atoms with Crippen molar-refractivity contribution in [1.82, 2.24) is 9.88 Å². The summed E-state index contributed by atoms with van der Waals surface area (Å²) in [5, 5.41) is 1.22. The van der Waals surface area contributed by atoms with Crippen molar-refractivity contribution in [2.75, 3.05) is 26.6 Å². The van der Waals surface area contributed by atoms with E-state index in [0.717, 1.165) is 17.8 Å². The molecule has 1 heterocycles. The molecule has 0 saturated carbocycles. The van der Waals surface area contributed by atoms with Gasteiger partial charge in [-0.3, -0.25) is 0 Å². The lowest BCUT2D eigenvalue weighted by atomic mass is 10.1. The first kappa shape index (κ1) is 16.2. The van der Waals surface area contributed by atoms with E-state index in [9.17, 15) is 0 Å². The molecule has 0 aliphatic rings. The zero-order chi connectivity index (χ0) is 15.8. The summed E-state index contributed by atoms with van der Waals surface area (Å²) in [6, 6.07) is 6.27. The molecular formula is C17H28N2OS. The topological polar surface area (TPSA) is 28.3 Å². The van der Waals surface area contributed by atoms with E-state index in [0.29, 0.717) is 0 Å². The van der Waals surface area contributed by atoms with Gasteiger partial charge >= 0.3 is 0 Å². The van der Waals surface area contributed by atoms with Crippen molar-refractivity contribution in [3.63, 3.8) is 0 Å². The molecule has 21 heavy (non-hydrogen) atoms. The van der Waals surface area contributed by atoms with Gasteiger partial charge in [-0.15, -0.1) is 0 Å². The van der Waals surface area contributed by atoms with Gasteiger partial charge in [-0.05, 0) is 65.1 Å². The van der Waals surface area contributed by atoms with E-state index >= 15 is 0 Å². The molecule has 4 heteroatoms. The first-order valence-electron chi connectivity index (χ1n) is 7.28. The third-order valence-electron chi connectivity index (χ3n) is 4.01. The predicted molar refractivity (Wildman–Crippen MR) is 95.5 cm³/mol. The summed E-state index contributed by atoms with van der Waals surface area (Å²) in [6.07, 6.45) is 6.57. The van der Waals surface area contributed by atoms with Crippen LogP contribution in [0, 0.1) is 0 Å². The molecular weight excluding hydrogens is 280 g/mol. The van der Waals surface area contributed by atoms with Crippen LogP contribution in [0.2, 0.25) is 0 Å². The minimum Gasteiger partial charge on any atom is -0.448 e. The van der Waals surface area contributed by atoms with Crippen molar-refractivity contribution in [1.29, 1.82) is 0 Å². The van der Waals surface area contributed by atoms with E-state index in [4.69, 9.17) is 4.18 Å². The average Bonchev–Trinajstić information content (AvgIpc) is 2.71. The molecule has 2 aromatic rings. The molecule has 118 valence electrons. The Morgan fingerprint density at radius 1 is 1.19 bits per heavy atom. The van der Waals surface area contributed by atoms with Gasteiger partial charge in [0.15, 0.2) is 0 Å². The summed E-state index contributed by atoms with van der Waals surface area (Å²) >= 11 is 0. The summed E-state index contributed by atoms with van der Waals surface area (Å²) in [5.74, 6) is 1.00. The maximum absolute atomic E-state index is 6.50. The number of aromatic nitrogens is 1. The summed E-state index contributed by atoms with van der Waals surface area (Å²) < 4.78 is 6.65. The fourth-order valence-electron chi connectivity index (χ4n) is 2.10. The van der Waals surface area contributed by atoms with E-state index in [-0.39, 0.29) is 4.75 Å². The summed E-state index contributed by atoms with van der Waals surface area (Å²) in [5.41, 5.74) is 2.43. The number of hydrogen-bond acceptors (Lipinski definition) is 2. The number of fused-ring (bicyclic) bond motifs is 1. The van der Waals surface area contributed by atoms with Crippen molar-refractivity contribution < 1.29 is 4.18 Å². The van der Waals surface area contributed by atoms with Crippen molar-refractivity contribution in [2.24, 2.45) is 0 Å². The van der Waals surface area contributed by atoms with Crippen LogP contribution >= 0.6 is 10.3 Å². The van der Waals surface area contributed by atoms with Crippen LogP contribution in [0.4, 0.5) is 0 Å². The third kappa shape index (κ3) is 3.38. The van der Waals surface area contributed by atoms with E-state index in [1.807, 2.05) is 0 Å². The first-order valence-corrected chi connectivity index (χ1v) is 9.65. The zero-order valence-corrected chi connectivity index (χ0v) is 15.1. The molecule has 0 radical (unpaired) electrons. The number of nitrogens with zero attached hydrogens (tertiary/aromatic N) is 1. The van der Waals surface area contributed by atoms with Crippen LogP contribution in [0.1, 0.15) is 26.3 Å². The first-order chi connectivity index (χ1) is 9.62. The van der Waals surface area contributed by atoms with Crippen LogP contribution in [0.25, 0.3) is 10.9 Å². The van der Waals surface area contributed by atoms with Gasteiger partial charge in [0.1, 0.15) is 5.75 Å². The molecule has 2 rings (SSSR count). The lowest BCUT2D eigenvalue weighted by Crippen LogP contribution is -2.27. The van der Waals surface area contributed by atoms with Gasteiger partial charge in [0.05, 0.1) is 0 Å². The van der Waals surface area contributed by atoms with Crippen molar-refractivity contribution >= 4 is 21.2 Å². The molecule has 0 saturated heterocycles. The summed E-state index contributed by atoms with van der Waals surface area (Å²) in [4.78, 5) is 5.54. The molecule has 0 atom stereocenters. The molecule has 3 nitrogen and oxygen atoms in total. The Balaban J connectivity index is 2.47. The molecule has 0 aliphatic carbocycles. The molecule has 1 N–H and O–H groups in total. The van der Waals surface area contributed by atoms with E-state index in [2.05, 4.69) is 81.7 Å². The molecule has 0 amide bonds. The van der Waals surface area contributed by atoms with Gasteiger partial charge in [0.25, 0.3) is 0 Å². The van der Waals surface area contributed by atoms with Gasteiger partial charge in [-0.1, -0.05) is 16.4 Å². The Bertz CT molecular complexity index is 623. The van der Waals surface area contributed by atoms with Crippen LogP contribution in [0.3, 0.4) is 0 Å². The minimum absolute atomic E-state index is 0.146. The highest BCUT2D eigenvalue weighted by Gasteiger charge is 2.30. The molecule has 1 aromatic heterocycles. The number of benzene rings is 1. The summed E-state index contributed by atoms with van der Waals surface area (Å²) in [6.45, 7) is 7.66. The Morgan fingerprint density at radius 2 is 1.86 bits per heavy atom. The number of aromatic amines is 1. The molecule has 0 bridgehead atoms. The highest BCUT2D eigenvalue weighted by atomic mass is 32.3. The van der Waals surface area contributed by atoms with Crippen LogP contribution in [-0.4, -0.2) is 41.2 Å². The van der Waals surface area contributed by atoms with Crippen LogP contribution in [0.15, 0.2) is 24.4 Å². The number of hydrogen-bond donors (Lipinski definition) is 1. The average molecular weight is 308 g/mol. The Labute approximate surface area is 130 Å². The van der Waals surface area contributed by atoms with E-state index in [1.54, 1.807) is 0 Å². The lowest BCUT2D eigenvalue weighted by Gasteiger charge is -2.44. The van der Waals surface area contributed by atoms with Gasteiger partial charge in [0, 0.05) is 28.4 Å². The van der Waals surface area contributed by atoms with Crippen molar-refractivity contribution in [3.05, 3.63) is 30.0 Å². The fraction of sp³-hybridized carbons (Fsp3) is 0.529. The fourth-order valence-corrected chi connectivity index (χ4v) is 2.94. The van der Waals surface area contributed by atoms with Crippen LogP contribution in [-0.2, 0) is 6.54 Å². The quantitative estimate of drug-likeness (QED) is 0.907. The van der Waals surface area contributed by atoms with Gasteiger partial charge in [0.2, 0.25) is 0 Å². The molecule has 0 unspecified atom stereocenters. The van der Waals surface area contributed by atoms with Gasteiger partial charge in [-0.25, -0.2) is 0 Å². The zero-order valence-electron chi connectivity index (χ0n) is 14.3. The number of rotatable bonds is 4. The second kappa shape index (κ2) is 5.58. The Kier molecular flexibility index (Phi) is 4.31. The summed E-state index contributed by atoms with van der Waals surface area (Å²) in [7, 11) is 2.99. The normalized spacial score (nSPS) is 13.9. The number of nitrogens with one attached hydrogen (secondary N) is 1. The maximum Gasteiger partial charge on any atom is 0.144 e. The highest BCUT2D eigenvalue weighted by Crippen LogP contribution is 2.54.